The molecule has 2 fully saturated rings. The molecular weight excluding hydrogens is 216 g/mol. The summed E-state index contributed by atoms with van der Waals surface area (Å²) in [6.07, 6.45) is 3.99. The van der Waals surface area contributed by atoms with Gasteiger partial charge in [-0.1, -0.05) is 6.92 Å². The van der Waals surface area contributed by atoms with E-state index in [1.54, 1.807) is 0 Å². The zero-order valence-corrected chi connectivity index (χ0v) is 11.2. The van der Waals surface area contributed by atoms with Gasteiger partial charge in [0.25, 0.3) is 0 Å². The Morgan fingerprint density at radius 1 is 1.29 bits per heavy atom. The van der Waals surface area contributed by atoms with Gasteiger partial charge in [-0.3, -0.25) is 4.90 Å². The van der Waals surface area contributed by atoms with Gasteiger partial charge in [0.05, 0.1) is 12.7 Å². The highest BCUT2D eigenvalue weighted by molar-refractivity contribution is 4.87. The lowest BCUT2D eigenvalue weighted by molar-refractivity contribution is -0.0190. The number of ether oxygens (including phenoxy) is 2. The molecule has 1 N–H and O–H groups in total. The molecule has 0 aromatic carbocycles. The maximum absolute atomic E-state index is 5.74. The minimum Gasteiger partial charge on any atom is -0.380 e. The molecule has 2 heterocycles. The van der Waals surface area contributed by atoms with Crippen molar-refractivity contribution in [3.8, 4) is 0 Å². The van der Waals surface area contributed by atoms with Crippen LogP contribution in [0.5, 0.6) is 0 Å². The van der Waals surface area contributed by atoms with Gasteiger partial charge in [-0.15, -0.1) is 0 Å². The Bertz CT molecular complexity index is 219. The molecule has 0 bridgehead atoms. The molecule has 100 valence electrons. The van der Waals surface area contributed by atoms with E-state index < -0.39 is 0 Å². The maximum atomic E-state index is 5.74. The van der Waals surface area contributed by atoms with Crippen LogP contribution in [-0.2, 0) is 9.47 Å². The van der Waals surface area contributed by atoms with E-state index in [0.29, 0.717) is 18.2 Å². The largest absolute Gasteiger partial charge is 0.380 e. The summed E-state index contributed by atoms with van der Waals surface area (Å²) in [5.41, 5.74) is 0. The quantitative estimate of drug-likeness (QED) is 0.775. The number of hydrogen-bond donors (Lipinski definition) is 1. The Hall–Kier alpha value is -0.160. The van der Waals surface area contributed by atoms with Gasteiger partial charge in [-0.05, 0) is 32.9 Å². The molecule has 0 radical (unpaired) electrons. The summed E-state index contributed by atoms with van der Waals surface area (Å²) in [5, 5.41) is 3.43. The van der Waals surface area contributed by atoms with Crippen LogP contribution in [0, 0.1) is 0 Å². The minimum atomic E-state index is 0.439. The number of nitrogens with zero attached hydrogens (tertiary/aromatic N) is 1. The van der Waals surface area contributed by atoms with Crippen LogP contribution in [0.3, 0.4) is 0 Å². The van der Waals surface area contributed by atoms with Crippen LogP contribution < -0.4 is 5.32 Å². The Labute approximate surface area is 105 Å². The van der Waals surface area contributed by atoms with Crippen molar-refractivity contribution in [2.45, 2.75) is 44.4 Å². The molecule has 17 heavy (non-hydrogen) atoms. The summed E-state index contributed by atoms with van der Waals surface area (Å²) in [4.78, 5) is 2.52. The summed E-state index contributed by atoms with van der Waals surface area (Å²) in [5.74, 6) is 0. The first kappa shape index (κ1) is 13.3. The fourth-order valence-corrected chi connectivity index (χ4v) is 2.97. The second kappa shape index (κ2) is 6.69. The van der Waals surface area contributed by atoms with Gasteiger partial charge in [0.2, 0.25) is 0 Å². The SMILES string of the molecule is CCN(CC1CCCO1)C1COCCC1NC. The highest BCUT2D eigenvalue weighted by atomic mass is 16.5. The van der Waals surface area contributed by atoms with Crippen LogP contribution in [0.1, 0.15) is 26.2 Å². The normalized spacial score (nSPS) is 34.4. The highest BCUT2D eigenvalue weighted by Gasteiger charge is 2.31. The molecule has 2 aliphatic rings. The van der Waals surface area contributed by atoms with Crippen LogP contribution in [-0.4, -0.2) is 63.0 Å². The van der Waals surface area contributed by atoms with E-state index in [9.17, 15) is 0 Å². The maximum Gasteiger partial charge on any atom is 0.0702 e. The van der Waals surface area contributed by atoms with Crippen molar-refractivity contribution in [3.05, 3.63) is 0 Å². The van der Waals surface area contributed by atoms with E-state index in [0.717, 1.165) is 39.3 Å². The molecule has 4 nitrogen and oxygen atoms in total. The monoisotopic (exact) mass is 242 g/mol. The third-order valence-corrected chi connectivity index (χ3v) is 4.03. The smallest absolute Gasteiger partial charge is 0.0702 e. The lowest BCUT2D eigenvalue weighted by Crippen LogP contribution is -2.56. The highest BCUT2D eigenvalue weighted by Crippen LogP contribution is 2.18. The first-order valence-electron chi connectivity index (χ1n) is 6.95. The van der Waals surface area contributed by atoms with Crippen molar-refractivity contribution in [2.24, 2.45) is 0 Å². The molecule has 0 saturated carbocycles. The van der Waals surface area contributed by atoms with E-state index in [2.05, 4.69) is 24.2 Å². The number of nitrogens with one attached hydrogen (secondary N) is 1. The first-order valence-corrected chi connectivity index (χ1v) is 6.95. The van der Waals surface area contributed by atoms with E-state index in [-0.39, 0.29) is 0 Å². The lowest BCUT2D eigenvalue weighted by atomic mass is 10.0. The second-order valence-electron chi connectivity index (χ2n) is 5.05. The second-order valence-corrected chi connectivity index (χ2v) is 5.05. The van der Waals surface area contributed by atoms with E-state index in [1.807, 2.05) is 0 Å². The van der Waals surface area contributed by atoms with E-state index >= 15 is 0 Å². The summed E-state index contributed by atoms with van der Waals surface area (Å²) < 4.78 is 11.4. The zero-order chi connectivity index (χ0) is 12.1. The molecule has 0 aromatic heterocycles. The van der Waals surface area contributed by atoms with Gasteiger partial charge in [0, 0.05) is 31.8 Å². The van der Waals surface area contributed by atoms with E-state index in [4.69, 9.17) is 9.47 Å². The molecule has 0 amide bonds. The molecule has 3 atom stereocenters. The van der Waals surface area contributed by atoms with Crippen molar-refractivity contribution in [3.63, 3.8) is 0 Å². The molecule has 2 aliphatic heterocycles. The van der Waals surface area contributed by atoms with Crippen LogP contribution in [0.2, 0.25) is 0 Å². The number of rotatable bonds is 5. The Kier molecular flexibility index (Phi) is 5.22. The predicted molar refractivity (Wildman–Crippen MR) is 68.3 cm³/mol. The Balaban J connectivity index is 1.90. The fraction of sp³-hybridized carbons (Fsp3) is 1.00. The Morgan fingerprint density at radius 2 is 2.18 bits per heavy atom. The van der Waals surface area contributed by atoms with Crippen LogP contribution in [0.25, 0.3) is 0 Å². The summed E-state index contributed by atoms with van der Waals surface area (Å²) in [7, 11) is 2.06. The molecule has 4 heteroatoms. The molecule has 2 rings (SSSR count). The van der Waals surface area contributed by atoms with Crippen molar-refractivity contribution in [1.82, 2.24) is 10.2 Å². The summed E-state index contributed by atoms with van der Waals surface area (Å²) >= 11 is 0. The molecule has 0 aliphatic carbocycles. The number of likely N-dealkylation sites (N-methyl/N-ethyl adjacent to an activating group) is 2. The molecular formula is C13H26N2O2. The molecule has 3 unspecified atom stereocenters. The van der Waals surface area contributed by atoms with Crippen LogP contribution in [0.15, 0.2) is 0 Å². The van der Waals surface area contributed by atoms with Gasteiger partial charge >= 0.3 is 0 Å². The first-order chi connectivity index (χ1) is 8.35. The molecule has 0 aromatic rings. The van der Waals surface area contributed by atoms with Crippen molar-refractivity contribution in [1.29, 1.82) is 0 Å². The predicted octanol–water partition coefficient (Wildman–Crippen LogP) is 0.864. The van der Waals surface area contributed by atoms with Crippen molar-refractivity contribution >= 4 is 0 Å². The van der Waals surface area contributed by atoms with E-state index in [1.165, 1.54) is 12.8 Å². The third-order valence-electron chi connectivity index (χ3n) is 4.03. The number of hydrogen-bond acceptors (Lipinski definition) is 4. The Morgan fingerprint density at radius 3 is 2.82 bits per heavy atom. The van der Waals surface area contributed by atoms with Gasteiger partial charge in [0.1, 0.15) is 0 Å². The molecule has 0 spiro atoms. The average molecular weight is 242 g/mol. The van der Waals surface area contributed by atoms with Crippen LogP contribution >= 0.6 is 0 Å². The lowest BCUT2D eigenvalue weighted by Gasteiger charge is -2.40. The summed E-state index contributed by atoms with van der Waals surface area (Å²) in [6, 6.07) is 1.06. The third kappa shape index (κ3) is 3.41. The van der Waals surface area contributed by atoms with Gasteiger partial charge in [-0.25, -0.2) is 0 Å². The fourth-order valence-electron chi connectivity index (χ4n) is 2.97. The summed E-state index contributed by atoms with van der Waals surface area (Å²) in [6.45, 7) is 7.05. The van der Waals surface area contributed by atoms with Crippen molar-refractivity contribution < 1.29 is 9.47 Å². The van der Waals surface area contributed by atoms with Gasteiger partial charge in [0.15, 0.2) is 0 Å². The van der Waals surface area contributed by atoms with Crippen molar-refractivity contribution in [2.75, 3.05) is 40.0 Å². The van der Waals surface area contributed by atoms with Gasteiger partial charge < -0.3 is 14.8 Å². The zero-order valence-electron chi connectivity index (χ0n) is 11.2. The van der Waals surface area contributed by atoms with Crippen LogP contribution in [0.4, 0.5) is 0 Å². The van der Waals surface area contributed by atoms with Gasteiger partial charge in [-0.2, -0.15) is 0 Å². The standard InChI is InChI=1S/C13H26N2O2/c1-3-15(9-11-5-4-7-17-11)13-10-16-8-6-12(13)14-2/h11-14H,3-10H2,1-2H3. The molecule has 2 saturated heterocycles. The average Bonchev–Trinajstić information content (AvgIpc) is 2.89. The minimum absolute atomic E-state index is 0.439. The topological polar surface area (TPSA) is 33.7 Å².